The molecule has 2 aliphatic rings. The first-order valence-corrected chi connectivity index (χ1v) is 9.61. The molecule has 7 heteroatoms. The third kappa shape index (κ3) is 3.89. The predicted molar refractivity (Wildman–Crippen MR) is 98.7 cm³/mol. The third-order valence-corrected chi connectivity index (χ3v) is 5.60. The summed E-state index contributed by atoms with van der Waals surface area (Å²) in [6.07, 6.45) is 0.879. The van der Waals surface area contributed by atoms with Crippen molar-refractivity contribution in [1.29, 1.82) is 0 Å². The lowest BCUT2D eigenvalue weighted by atomic mass is 9.94. The smallest absolute Gasteiger partial charge is 0.276 e. The topological polar surface area (TPSA) is 52.8 Å². The number of nitrogens with zero attached hydrogens (tertiary/aromatic N) is 4. The first-order chi connectivity index (χ1) is 13.1. The Kier molecular flexibility index (Phi) is 5.22. The molecule has 3 heterocycles. The van der Waals surface area contributed by atoms with Crippen LogP contribution in [-0.2, 0) is 6.54 Å². The van der Waals surface area contributed by atoms with Crippen molar-refractivity contribution >= 4 is 5.91 Å². The Morgan fingerprint density at radius 1 is 1.15 bits per heavy atom. The normalized spacial score (nSPS) is 21.3. The van der Waals surface area contributed by atoms with E-state index in [4.69, 9.17) is 4.52 Å². The van der Waals surface area contributed by atoms with E-state index in [1.165, 1.54) is 12.1 Å². The number of carbonyl (C=O) groups is 1. The summed E-state index contributed by atoms with van der Waals surface area (Å²) in [4.78, 5) is 19.3. The van der Waals surface area contributed by atoms with Gasteiger partial charge in [0.2, 0.25) is 0 Å². The zero-order chi connectivity index (χ0) is 18.8. The van der Waals surface area contributed by atoms with Crippen LogP contribution in [0.1, 0.15) is 41.2 Å². The molecule has 1 aromatic heterocycles. The van der Waals surface area contributed by atoms with Crippen molar-refractivity contribution in [1.82, 2.24) is 19.9 Å². The molecule has 0 N–H and O–H groups in total. The molecule has 0 aliphatic carbocycles. The van der Waals surface area contributed by atoms with Gasteiger partial charge in [0.1, 0.15) is 5.82 Å². The lowest BCUT2D eigenvalue weighted by molar-refractivity contribution is 0.0449. The van der Waals surface area contributed by atoms with E-state index in [9.17, 15) is 9.18 Å². The second kappa shape index (κ2) is 7.78. The van der Waals surface area contributed by atoms with Gasteiger partial charge in [-0.3, -0.25) is 9.69 Å². The van der Waals surface area contributed by atoms with E-state index in [2.05, 4.69) is 21.9 Å². The zero-order valence-corrected chi connectivity index (χ0v) is 15.6. The van der Waals surface area contributed by atoms with Gasteiger partial charge >= 0.3 is 0 Å². The van der Waals surface area contributed by atoms with E-state index < -0.39 is 0 Å². The molecule has 0 bridgehead atoms. The maximum atomic E-state index is 13.1. The summed E-state index contributed by atoms with van der Waals surface area (Å²) in [5.41, 5.74) is 1.30. The van der Waals surface area contributed by atoms with Gasteiger partial charge in [-0.1, -0.05) is 24.2 Å². The summed E-state index contributed by atoms with van der Waals surface area (Å²) >= 11 is 0. The molecule has 0 saturated carbocycles. The van der Waals surface area contributed by atoms with Gasteiger partial charge in [-0.15, -0.1) is 0 Å². The fourth-order valence-corrected chi connectivity index (χ4v) is 3.78. The fourth-order valence-electron chi connectivity index (χ4n) is 3.78. The van der Waals surface area contributed by atoms with Gasteiger partial charge in [0, 0.05) is 38.8 Å². The number of hydrogen-bond acceptors (Lipinski definition) is 5. The molecule has 0 spiro atoms. The lowest BCUT2D eigenvalue weighted by Crippen LogP contribution is -2.45. The quantitative estimate of drug-likeness (QED) is 0.807. The van der Waals surface area contributed by atoms with Crippen LogP contribution in [0.25, 0.3) is 0 Å². The maximum absolute atomic E-state index is 13.1. The molecule has 27 heavy (non-hydrogen) atoms. The first kappa shape index (κ1) is 18.1. The maximum Gasteiger partial charge on any atom is 0.276 e. The molecule has 2 saturated heterocycles. The van der Waals surface area contributed by atoms with Gasteiger partial charge in [0.25, 0.3) is 5.91 Å². The number of amides is 1. The summed E-state index contributed by atoms with van der Waals surface area (Å²) < 4.78 is 18.5. The molecule has 2 aromatic rings. The van der Waals surface area contributed by atoms with Gasteiger partial charge in [0.15, 0.2) is 11.5 Å². The Hall–Kier alpha value is -2.25. The number of rotatable bonds is 5. The van der Waals surface area contributed by atoms with Crippen LogP contribution in [0, 0.1) is 5.82 Å². The van der Waals surface area contributed by atoms with Crippen molar-refractivity contribution in [3.05, 3.63) is 53.2 Å². The van der Waals surface area contributed by atoms with E-state index in [0.29, 0.717) is 18.8 Å². The molecular weight excluding hydrogens is 347 g/mol. The molecule has 0 unspecified atom stereocenters. The molecule has 4 rings (SSSR count). The van der Waals surface area contributed by atoms with Crippen molar-refractivity contribution in [2.45, 2.75) is 25.9 Å². The molecule has 6 nitrogen and oxygen atoms in total. The minimum absolute atomic E-state index is 0.0135. The average Bonchev–Trinajstić information content (AvgIpc) is 3.12. The number of halogens is 1. The van der Waals surface area contributed by atoms with Crippen molar-refractivity contribution in [3.8, 4) is 0 Å². The number of hydrogen-bond donors (Lipinski definition) is 0. The van der Waals surface area contributed by atoms with Crippen LogP contribution in [0.3, 0.4) is 0 Å². The monoisotopic (exact) mass is 372 g/mol. The van der Waals surface area contributed by atoms with Gasteiger partial charge in [0.05, 0.1) is 12.6 Å². The molecule has 2 aliphatic heterocycles. The van der Waals surface area contributed by atoms with Crippen LogP contribution >= 0.6 is 0 Å². The highest BCUT2D eigenvalue weighted by atomic mass is 19.1. The van der Waals surface area contributed by atoms with Crippen molar-refractivity contribution < 1.29 is 13.7 Å². The molecular formula is C20H25FN4O2. The number of likely N-dealkylation sites (N-methyl/N-ethyl adjacent to an activating group) is 1. The second-order valence-electron chi connectivity index (χ2n) is 7.24. The second-order valence-corrected chi connectivity index (χ2v) is 7.24. The summed E-state index contributed by atoms with van der Waals surface area (Å²) in [5.74, 6) is 0.334. The van der Waals surface area contributed by atoms with Gasteiger partial charge < -0.3 is 14.3 Å². The Labute approximate surface area is 158 Å². The Morgan fingerprint density at radius 3 is 2.48 bits per heavy atom. The summed E-state index contributed by atoms with van der Waals surface area (Å²) in [7, 11) is 0. The van der Waals surface area contributed by atoms with Crippen LogP contribution in [0.15, 0.2) is 34.9 Å². The minimum Gasteiger partial charge on any atom is -0.359 e. The summed E-state index contributed by atoms with van der Waals surface area (Å²) in [5, 5.41) is 3.99. The fraction of sp³-hybridized carbons (Fsp3) is 0.500. The Bertz CT molecular complexity index is 784. The largest absolute Gasteiger partial charge is 0.359 e. The third-order valence-electron chi connectivity index (χ3n) is 5.60. The summed E-state index contributed by atoms with van der Waals surface area (Å²) in [6.45, 7) is 8.74. The van der Waals surface area contributed by atoms with Crippen LogP contribution < -0.4 is 0 Å². The van der Waals surface area contributed by atoms with E-state index in [1.54, 1.807) is 23.1 Å². The molecule has 1 atom stereocenters. The van der Waals surface area contributed by atoms with E-state index in [-0.39, 0.29) is 17.8 Å². The van der Waals surface area contributed by atoms with E-state index >= 15 is 0 Å². The van der Waals surface area contributed by atoms with Gasteiger partial charge in [-0.25, -0.2) is 4.39 Å². The molecule has 1 aromatic carbocycles. The molecule has 144 valence electrons. The molecule has 1 amide bonds. The van der Waals surface area contributed by atoms with Crippen LogP contribution in [-0.4, -0.2) is 65.0 Å². The standard InChI is InChI=1S/C20H25FN4O2/c1-2-23-9-11-24(12-10-23)14-17-13-18(22-27-17)20(26)25-8-7-19(25)15-3-5-16(21)6-4-15/h3-6,13,19H,2,7-12,14H2,1H3/t19-/m1/s1. The van der Waals surface area contributed by atoms with Crippen LogP contribution in [0.5, 0.6) is 0 Å². The van der Waals surface area contributed by atoms with Gasteiger partial charge in [-0.2, -0.15) is 0 Å². The highest BCUT2D eigenvalue weighted by Crippen LogP contribution is 2.34. The molecule has 0 radical (unpaired) electrons. The van der Waals surface area contributed by atoms with E-state index in [0.717, 1.165) is 50.5 Å². The number of carbonyl (C=O) groups excluding carboxylic acids is 1. The van der Waals surface area contributed by atoms with Crippen molar-refractivity contribution in [2.24, 2.45) is 0 Å². The van der Waals surface area contributed by atoms with Crippen molar-refractivity contribution in [3.63, 3.8) is 0 Å². The zero-order valence-electron chi connectivity index (χ0n) is 15.6. The van der Waals surface area contributed by atoms with Crippen LogP contribution in [0.2, 0.25) is 0 Å². The first-order valence-electron chi connectivity index (χ1n) is 9.61. The summed E-state index contributed by atoms with van der Waals surface area (Å²) in [6, 6.07) is 8.09. The van der Waals surface area contributed by atoms with Crippen molar-refractivity contribution in [2.75, 3.05) is 39.3 Å². The average molecular weight is 372 g/mol. The predicted octanol–water partition coefficient (Wildman–Crippen LogP) is 2.54. The minimum atomic E-state index is -0.267. The molecule has 2 fully saturated rings. The van der Waals surface area contributed by atoms with Gasteiger partial charge in [-0.05, 0) is 30.7 Å². The van der Waals surface area contributed by atoms with Crippen LogP contribution in [0.4, 0.5) is 4.39 Å². The number of likely N-dealkylation sites (tertiary alicyclic amines) is 1. The van der Waals surface area contributed by atoms with E-state index in [1.807, 2.05) is 0 Å². The Balaban J connectivity index is 1.36. The number of aromatic nitrogens is 1. The number of benzene rings is 1. The number of piperazine rings is 1. The lowest BCUT2D eigenvalue weighted by Gasteiger charge is -2.40. The highest BCUT2D eigenvalue weighted by Gasteiger charge is 2.35. The Morgan fingerprint density at radius 2 is 1.85 bits per heavy atom. The SMILES string of the molecule is CCN1CCN(Cc2cc(C(=O)N3CC[C@@H]3c3ccc(F)cc3)no2)CC1. The highest BCUT2D eigenvalue weighted by molar-refractivity contribution is 5.93.